The summed E-state index contributed by atoms with van der Waals surface area (Å²) in [5.41, 5.74) is 1.08. The molecule has 2 aromatic rings. The Labute approximate surface area is 146 Å². The van der Waals surface area contributed by atoms with Crippen LogP contribution in [0.25, 0.3) is 0 Å². The molecule has 128 valence electrons. The topological polar surface area (TPSA) is 45.7 Å². The molecule has 0 N–H and O–H groups in total. The van der Waals surface area contributed by atoms with Gasteiger partial charge in [0.1, 0.15) is 10.8 Å². The number of rotatable bonds is 5. The summed E-state index contributed by atoms with van der Waals surface area (Å²) in [6.45, 7) is 7.95. The summed E-state index contributed by atoms with van der Waals surface area (Å²) < 4.78 is 5.74. The van der Waals surface area contributed by atoms with Crippen LogP contribution in [0.3, 0.4) is 0 Å². The molecule has 1 aliphatic rings. The van der Waals surface area contributed by atoms with Crippen molar-refractivity contribution in [3.63, 3.8) is 0 Å². The number of benzene rings is 1. The minimum atomic E-state index is -0.458. The maximum atomic E-state index is 12.5. The van der Waals surface area contributed by atoms with Crippen LogP contribution in [0.5, 0.6) is 5.75 Å². The zero-order chi connectivity index (χ0) is 16.9. The van der Waals surface area contributed by atoms with Gasteiger partial charge in [-0.2, -0.15) is 0 Å². The highest BCUT2D eigenvalue weighted by atomic mass is 32.1. The van der Waals surface area contributed by atoms with Crippen molar-refractivity contribution >= 4 is 17.2 Å². The van der Waals surface area contributed by atoms with Gasteiger partial charge < -0.3 is 9.64 Å². The van der Waals surface area contributed by atoms with Crippen molar-refractivity contribution in [3.05, 3.63) is 46.4 Å². The highest BCUT2D eigenvalue weighted by Crippen LogP contribution is 2.15. The number of hydrogen-bond acceptors (Lipinski definition) is 5. The van der Waals surface area contributed by atoms with Crippen LogP contribution in [-0.2, 0) is 11.3 Å². The number of thiazole rings is 1. The Morgan fingerprint density at radius 2 is 1.96 bits per heavy atom. The van der Waals surface area contributed by atoms with E-state index in [2.05, 4.69) is 15.3 Å². The molecular formula is C18H23N3O2S. The first-order valence-corrected chi connectivity index (χ1v) is 9.13. The molecule has 0 spiro atoms. The molecule has 0 bridgehead atoms. The standard InChI is InChI=1S/C18H23N3O2S/c1-14-13-24-17(19-14)12-20-8-10-21(11-9-20)18(22)15(2)23-16-6-4-3-5-7-16/h3-7,13,15H,8-12H2,1-2H3. The summed E-state index contributed by atoms with van der Waals surface area (Å²) in [5.74, 6) is 0.791. The number of nitrogens with zero attached hydrogens (tertiary/aromatic N) is 3. The lowest BCUT2D eigenvalue weighted by Gasteiger charge is -2.35. The van der Waals surface area contributed by atoms with Crippen LogP contribution < -0.4 is 4.74 Å². The molecule has 0 aliphatic carbocycles. The average Bonchev–Trinajstić information content (AvgIpc) is 3.00. The molecule has 0 saturated carbocycles. The molecular weight excluding hydrogens is 322 g/mol. The van der Waals surface area contributed by atoms with Crippen molar-refractivity contribution in [1.82, 2.24) is 14.8 Å². The SMILES string of the molecule is Cc1csc(CN2CCN(C(=O)C(C)Oc3ccccc3)CC2)n1. The first-order valence-electron chi connectivity index (χ1n) is 8.25. The largest absolute Gasteiger partial charge is 0.481 e. The molecule has 6 heteroatoms. The first kappa shape index (κ1) is 16.9. The summed E-state index contributed by atoms with van der Waals surface area (Å²) in [5, 5.41) is 3.23. The van der Waals surface area contributed by atoms with E-state index in [9.17, 15) is 4.79 Å². The molecule has 24 heavy (non-hydrogen) atoms. The van der Waals surface area contributed by atoms with E-state index < -0.39 is 6.10 Å². The molecule has 1 saturated heterocycles. The minimum absolute atomic E-state index is 0.0589. The van der Waals surface area contributed by atoms with Crippen LogP contribution in [0.4, 0.5) is 0 Å². The summed E-state index contributed by atoms with van der Waals surface area (Å²) >= 11 is 1.70. The quantitative estimate of drug-likeness (QED) is 0.835. The van der Waals surface area contributed by atoms with Crippen LogP contribution >= 0.6 is 11.3 Å². The van der Waals surface area contributed by atoms with Crippen molar-refractivity contribution < 1.29 is 9.53 Å². The second-order valence-corrected chi connectivity index (χ2v) is 7.00. The van der Waals surface area contributed by atoms with E-state index in [1.54, 1.807) is 11.3 Å². The van der Waals surface area contributed by atoms with E-state index in [-0.39, 0.29) is 5.91 Å². The highest BCUT2D eigenvalue weighted by Gasteiger charge is 2.26. The average molecular weight is 345 g/mol. The van der Waals surface area contributed by atoms with E-state index in [0.717, 1.165) is 49.2 Å². The van der Waals surface area contributed by atoms with Gasteiger partial charge in [0.15, 0.2) is 6.10 Å². The maximum absolute atomic E-state index is 12.5. The van der Waals surface area contributed by atoms with Gasteiger partial charge in [0.25, 0.3) is 5.91 Å². The molecule has 0 radical (unpaired) electrons. The molecule has 1 fully saturated rings. The van der Waals surface area contributed by atoms with Gasteiger partial charge in [-0.25, -0.2) is 4.98 Å². The van der Waals surface area contributed by atoms with Crippen LogP contribution in [-0.4, -0.2) is 53.0 Å². The lowest BCUT2D eigenvalue weighted by molar-refractivity contribution is -0.139. The number of aromatic nitrogens is 1. The van der Waals surface area contributed by atoms with Gasteiger partial charge in [-0.05, 0) is 26.0 Å². The highest BCUT2D eigenvalue weighted by molar-refractivity contribution is 7.09. The normalized spacial score (nSPS) is 16.8. The van der Waals surface area contributed by atoms with Crippen LogP contribution in [0.1, 0.15) is 17.6 Å². The van der Waals surface area contributed by atoms with Gasteiger partial charge in [-0.3, -0.25) is 9.69 Å². The number of ether oxygens (including phenoxy) is 1. The smallest absolute Gasteiger partial charge is 0.263 e. The zero-order valence-corrected chi connectivity index (χ0v) is 15.0. The van der Waals surface area contributed by atoms with Gasteiger partial charge in [0.05, 0.1) is 6.54 Å². The fourth-order valence-corrected chi connectivity index (χ4v) is 3.62. The third-order valence-corrected chi connectivity index (χ3v) is 5.06. The summed E-state index contributed by atoms with van der Waals surface area (Å²) in [6, 6.07) is 9.50. The zero-order valence-electron chi connectivity index (χ0n) is 14.1. The molecule has 3 rings (SSSR count). The van der Waals surface area contributed by atoms with Crippen molar-refractivity contribution in [2.45, 2.75) is 26.5 Å². The van der Waals surface area contributed by atoms with Crippen molar-refractivity contribution in [2.75, 3.05) is 26.2 Å². The Balaban J connectivity index is 1.47. The van der Waals surface area contributed by atoms with Crippen LogP contribution in [0.15, 0.2) is 35.7 Å². The Bertz CT molecular complexity index is 666. The molecule has 1 unspecified atom stereocenters. The Morgan fingerprint density at radius 1 is 1.25 bits per heavy atom. The molecule has 5 nitrogen and oxygen atoms in total. The molecule has 1 aromatic heterocycles. The molecule has 2 heterocycles. The van der Waals surface area contributed by atoms with Crippen molar-refractivity contribution in [2.24, 2.45) is 0 Å². The third kappa shape index (κ3) is 4.33. The Morgan fingerprint density at radius 3 is 2.58 bits per heavy atom. The first-order chi connectivity index (χ1) is 11.6. The number of aryl methyl sites for hydroxylation is 1. The van der Waals surface area contributed by atoms with Gasteiger partial charge in [-0.15, -0.1) is 11.3 Å². The van der Waals surface area contributed by atoms with E-state index >= 15 is 0 Å². The van der Waals surface area contributed by atoms with E-state index in [0.29, 0.717) is 0 Å². The number of hydrogen-bond donors (Lipinski definition) is 0. The molecule has 1 atom stereocenters. The Hall–Kier alpha value is -1.92. The van der Waals surface area contributed by atoms with Gasteiger partial charge in [0.2, 0.25) is 0 Å². The third-order valence-electron chi connectivity index (χ3n) is 4.11. The lowest BCUT2D eigenvalue weighted by Crippen LogP contribution is -2.51. The van der Waals surface area contributed by atoms with E-state index in [1.165, 1.54) is 0 Å². The predicted octanol–water partition coefficient (Wildman–Crippen LogP) is 2.56. The number of carbonyl (C=O) groups is 1. The molecule has 1 amide bonds. The lowest BCUT2D eigenvalue weighted by atomic mass is 10.2. The predicted molar refractivity (Wildman–Crippen MR) is 95.2 cm³/mol. The van der Waals surface area contributed by atoms with Crippen molar-refractivity contribution in [1.29, 1.82) is 0 Å². The monoisotopic (exact) mass is 345 g/mol. The van der Waals surface area contributed by atoms with Gasteiger partial charge in [0, 0.05) is 37.3 Å². The van der Waals surface area contributed by atoms with Crippen LogP contribution in [0.2, 0.25) is 0 Å². The summed E-state index contributed by atoms with van der Waals surface area (Å²) in [7, 11) is 0. The maximum Gasteiger partial charge on any atom is 0.263 e. The van der Waals surface area contributed by atoms with Gasteiger partial charge >= 0.3 is 0 Å². The van der Waals surface area contributed by atoms with Gasteiger partial charge in [-0.1, -0.05) is 18.2 Å². The fourth-order valence-electron chi connectivity index (χ4n) is 2.80. The van der Waals surface area contributed by atoms with E-state index in [1.807, 2.05) is 49.1 Å². The summed E-state index contributed by atoms with van der Waals surface area (Å²) in [6.07, 6.45) is -0.458. The van der Waals surface area contributed by atoms with Crippen molar-refractivity contribution in [3.8, 4) is 5.75 Å². The minimum Gasteiger partial charge on any atom is -0.481 e. The summed E-state index contributed by atoms with van der Waals surface area (Å²) in [4.78, 5) is 21.3. The number of para-hydroxylation sites is 1. The fraction of sp³-hybridized carbons (Fsp3) is 0.444. The number of amides is 1. The van der Waals surface area contributed by atoms with Crippen LogP contribution in [0, 0.1) is 6.92 Å². The second kappa shape index (κ2) is 7.77. The number of piperazine rings is 1. The Kier molecular flexibility index (Phi) is 5.48. The number of carbonyl (C=O) groups excluding carboxylic acids is 1. The van der Waals surface area contributed by atoms with E-state index in [4.69, 9.17) is 4.74 Å². The second-order valence-electron chi connectivity index (χ2n) is 6.06. The molecule has 1 aromatic carbocycles. The molecule has 1 aliphatic heterocycles.